The quantitative estimate of drug-likeness (QED) is 0.903. The van der Waals surface area contributed by atoms with E-state index in [-0.39, 0.29) is 11.9 Å². The molecule has 2 N–H and O–H groups in total. The van der Waals surface area contributed by atoms with E-state index in [1.807, 2.05) is 19.3 Å². The van der Waals surface area contributed by atoms with Crippen LogP contribution in [0.2, 0.25) is 0 Å². The summed E-state index contributed by atoms with van der Waals surface area (Å²) < 4.78 is 20.8. The van der Waals surface area contributed by atoms with E-state index in [0.29, 0.717) is 17.9 Å². The van der Waals surface area contributed by atoms with Crippen LogP contribution in [0.3, 0.4) is 0 Å². The summed E-state index contributed by atoms with van der Waals surface area (Å²) in [6, 6.07) is 6.24. The lowest BCUT2D eigenvalue weighted by atomic mass is 10.1. The molecule has 4 nitrogen and oxygen atoms in total. The van der Waals surface area contributed by atoms with Crippen LogP contribution in [0.1, 0.15) is 24.2 Å². The highest BCUT2D eigenvalue weighted by Crippen LogP contribution is 2.21. The van der Waals surface area contributed by atoms with Gasteiger partial charge in [-0.05, 0) is 19.1 Å². The van der Waals surface area contributed by atoms with Gasteiger partial charge in [0, 0.05) is 30.9 Å². The first-order valence-electron chi connectivity index (χ1n) is 5.72. The van der Waals surface area contributed by atoms with Gasteiger partial charge in [-0.15, -0.1) is 0 Å². The number of halogens is 1. The van der Waals surface area contributed by atoms with Crippen molar-refractivity contribution in [2.24, 2.45) is 12.8 Å². The second-order valence-electron chi connectivity index (χ2n) is 4.24. The van der Waals surface area contributed by atoms with Crippen LogP contribution in [0.25, 0.3) is 0 Å². The van der Waals surface area contributed by atoms with E-state index in [4.69, 9.17) is 10.5 Å². The van der Waals surface area contributed by atoms with Crippen molar-refractivity contribution in [2.45, 2.75) is 19.6 Å². The fourth-order valence-corrected chi connectivity index (χ4v) is 1.66. The molecule has 0 radical (unpaired) electrons. The molecular weight excluding hydrogens is 233 g/mol. The normalized spacial score (nSPS) is 12.4. The Morgan fingerprint density at radius 2 is 2.22 bits per heavy atom. The van der Waals surface area contributed by atoms with Gasteiger partial charge in [0.2, 0.25) is 0 Å². The van der Waals surface area contributed by atoms with E-state index in [1.165, 1.54) is 6.07 Å². The van der Waals surface area contributed by atoms with Gasteiger partial charge in [0.15, 0.2) is 0 Å². The first kappa shape index (κ1) is 12.6. The molecule has 0 saturated heterocycles. The molecule has 5 heteroatoms. The standard InChI is InChI=1S/C13H16FN3O/c1-9(15)12-4-3-11(7-13(12)14)18-8-10-5-6-17(2)16-10/h3-7,9H,8,15H2,1-2H3/t9-/m1/s1. The van der Waals surface area contributed by atoms with Crippen molar-refractivity contribution in [1.82, 2.24) is 9.78 Å². The summed E-state index contributed by atoms with van der Waals surface area (Å²) in [4.78, 5) is 0. The zero-order chi connectivity index (χ0) is 13.1. The molecule has 1 atom stereocenters. The Labute approximate surface area is 105 Å². The number of rotatable bonds is 4. The number of benzene rings is 1. The number of ether oxygens (including phenoxy) is 1. The van der Waals surface area contributed by atoms with Crippen LogP contribution < -0.4 is 10.5 Å². The van der Waals surface area contributed by atoms with Gasteiger partial charge in [0.05, 0.1) is 5.69 Å². The predicted molar refractivity (Wildman–Crippen MR) is 66.5 cm³/mol. The van der Waals surface area contributed by atoms with Crippen molar-refractivity contribution in [2.75, 3.05) is 0 Å². The third-order valence-corrected chi connectivity index (χ3v) is 2.62. The number of hydrogen-bond acceptors (Lipinski definition) is 3. The summed E-state index contributed by atoms with van der Waals surface area (Å²) in [5.74, 6) is 0.131. The summed E-state index contributed by atoms with van der Waals surface area (Å²) >= 11 is 0. The zero-order valence-electron chi connectivity index (χ0n) is 10.4. The maximum atomic E-state index is 13.7. The molecular formula is C13H16FN3O. The Morgan fingerprint density at radius 3 is 2.78 bits per heavy atom. The van der Waals surface area contributed by atoms with Crippen molar-refractivity contribution in [1.29, 1.82) is 0 Å². The fraction of sp³-hybridized carbons (Fsp3) is 0.308. The maximum Gasteiger partial charge on any atom is 0.132 e. The Morgan fingerprint density at radius 1 is 1.44 bits per heavy atom. The average molecular weight is 249 g/mol. The molecule has 1 aromatic carbocycles. The molecule has 2 aromatic rings. The molecule has 1 aromatic heterocycles. The third kappa shape index (κ3) is 2.87. The van der Waals surface area contributed by atoms with E-state index >= 15 is 0 Å². The SMILES string of the molecule is C[C@@H](N)c1ccc(OCc2ccn(C)n2)cc1F. The molecule has 0 saturated carbocycles. The van der Waals surface area contributed by atoms with Crippen LogP contribution in [0.5, 0.6) is 5.75 Å². The van der Waals surface area contributed by atoms with Crippen LogP contribution in [0.4, 0.5) is 4.39 Å². The number of nitrogens with two attached hydrogens (primary N) is 1. The molecule has 0 aliphatic rings. The van der Waals surface area contributed by atoms with Gasteiger partial charge in [-0.3, -0.25) is 4.68 Å². The van der Waals surface area contributed by atoms with Crippen molar-refractivity contribution < 1.29 is 9.13 Å². The molecule has 0 spiro atoms. The summed E-state index contributed by atoms with van der Waals surface area (Å²) in [6.07, 6.45) is 1.83. The summed E-state index contributed by atoms with van der Waals surface area (Å²) in [5, 5.41) is 4.17. The molecule has 0 unspecified atom stereocenters. The van der Waals surface area contributed by atoms with Crippen molar-refractivity contribution >= 4 is 0 Å². The number of aromatic nitrogens is 2. The highest BCUT2D eigenvalue weighted by atomic mass is 19.1. The zero-order valence-corrected chi connectivity index (χ0v) is 10.4. The number of aryl methyl sites for hydroxylation is 1. The lowest BCUT2D eigenvalue weighted by Gasteiger charge is -2.09. The molecule has 18 heavy (non-hydrogen) atoms. The Bertz CT molecular complexity index is 537. The maximum absolute atomic E-state index is 13.7. The highest BCUT2D eigenvalue weighted by molar-refractivity contribution is 5.30. The van der Waals surface area contributed by atoms with Gasteiger partial charge in [-0.2, -0.15) is 5.10 Å². The minimum Gasteiger partial charge on any atom is -0.487 e. The van der Waals surface area contributed by atoms with Gasteiger partial charge >= 0.3 is 0 Å². The van der Waals surface area contributed by atoms with Crippen LogP contribution in [-0.2, 0) is 13.7 Å². The van der Waals surface area contributed by atoms with Crippen molar-refractivity contribution in [3.63, 3.8) is 0 Å². The Kier molecular flexibility index (Phi) is 3.62. The number of nitrogens with zero attached hydrogens (tertiary/aromatic N) is 2. The molecule has 1 heterocycles. The largest absolute Gasteiger partial charge is 0.487 e. The first-order chi connectivity index (χ1) is 8.56. The topological polar surface area (TPSA) is 53.1 Å². The molecule has 96 valence electrons. The fourth-order valence-electron chi connectivity index (χ4n) is 1.66. The first-order valence-corrected chi connectivity index (χ1v) is 5.72. The van der Waals surface area contributed by atoms with Gasteiger partial charge in [0.25, 0.3) is 0 Å². The van der Waals surface area contributed by atoms with Gasteiger partial charge in [-0.1, -0.05) is 6.07 Å². The van der Waals surface area contributed by atoms with Crippen LogP contribution >= 0.6 is 0 Å². The highest BCUT2D eigenvalue weighted by Gasteiger charge is 2.08. The van der Waals surface area contributed by atoms with E-state index in [2.05, 4.69) is 5.10 Å². The minimum absolute atomic E-state index is 0.317. The van der Waals surface area contributed by atoms with E-state index in [9.17, 15) is 4.39 Å². The van der Waals surface area contributed by atoms with Crippen molar-refractivity contribution in [3.8, 4) is 5.75 Å². The number of hydrogen-bond donors (Lipinski definition) is 1. The average Bonchev–Trinajstić information content (AvgIpc) is 2.72. The molecule has 0 amide bonds. The van der Waals surface area contributed by atoms with E-state index in [1.54, 1.807) is 23.7 Å². The molecule has 0 aliphatic carbocycles. The van der Waals surface area contributed by atoms with Crippen LogP contribution in [-0.4, -0.2) is 9.78 Å². The second kappa shape index (κ2) is 5.18. The Hall–Kier alpha value is -1.88. The molecule has 0 fully saturated rings. The predicted octanol–water partition coefficient (Wildman–Crippen LogP) is 2.16. The smallest absolute Gasteiger partial charge is 0.132 e. The second-order valence-corrected chi connectivity index (χ2v) is 4.24. The van der Waals surface area contributed by atoms with Crippen LogP contribution in [0, 0.1) is 5.82 Å². The third-order valence-electron chi connectivity index (χ3n) is 2.62. The monoisotopic (exact) mass is 249 g/mol. The van der Waals surface area contributed by atoms with Gasteiger partial charge in [-0.25, -0.2) is 4.39 Å². The van der Waals surface area contributed by atoms with Gasteiger partial charge in [0.1, 0.15) is 18.2 Å². The summed E-state index contributed by atoms with van der Waals surface area (Å²) in [6.45, 7) is 2.06. The van der Waals surface area contributed by atoms with Crippen molar-refractivity contribution in [3.05, 3.63) is 47.5 Å². The minimum atomic E-state index is -0.344. The van der Waals surface area contributed by atoms with Crippen LogP contribution in [0.15, 0.2) is 30.5 Å². The molecule has 2 rings (SSSR count). The van der Waals surface area contributed by atoms with Gasteiger partial charge < -0.3 is 10.5 Å². The molecule has 0 bridgehead atoms. The lowest BCUT2D eigenvalue weighted by molar-refractivity contribution is 0.298. The summed E-state index contributed by atoms with van der Waals surface area (Å²) in [7, 11) is 1.83. The Balaban J connectivity index is 2.04. The van der Waals surface area contributed by atoms with E-state index in [0.717, 1.165) is 5.69 Å². The molecule has 0 aliphatic heterocycles. The summed E-state index contributed by atoms with van der Waals surface area (Å²) in [5.41, 5.74) is 6.93. The van der Waals surface area contributed by atoms with E-state index < -0.39 is 0 Å². The lowest BCUT2D eigenvalue weighted by Crippen LogP contribution is -2.07.